The van der Waals surface area contributed by atoms with Gasteiger partial charge in [-0.05, 0) is 18.8 Å². The Labute approximate surface area is 108 Å². The van der Waals surface area contributed by atoms with Crippen LogP contribution < -0.4 is 0 Å². The van der Waals surface area contributed by atoms with Gasteiger partial charge in [0, 0.05) is 19.0 Å². The lowest BCUT2D eigenvalue weighted by Gasteiger charge is -2.36. The molecule has 18 heavy (non-hydrogen) atoms. The normalized spacial score (nSPS) is 16.5. The van der Waals surface area contributed by atoms with Crippen molar-refractivity contribution in [3.63, 3.8) is 0 Å². The number of aromatic nitrogens is 2. The van der Waals surface area contributed by atoms with Gasteiger partial charge in [0.05, 0.1) is 13.2 Å². The highest BCUT2D eigenvalue weighted by Crippen LogP contribution is 2.25. The van der Waals surface area contributed by atoms with E-state index >= 15 is 0 Å². The van der Waals surface area contributed by atoms with Crippen molar-refractivity contribution in [3.8, 4) is 0 Å². The number of rotatable bonds is 7. The average Bonchev–Trinajstić information content (AvgIpc) is 2.62. The largest absolute Gasteiger partial charge is 0.395 e. The molecule has 1 aromatic heterocycles. The number of hydrogen-bond donors (Lipinski definition) is 1. The number of hydrogen-bond acceptors (Lipinski definition) is 5. The molecule has 5 nitrogen and oxygen atoms in total. The summed E-state index contributed by atoms with van der Waals surface area (Å²) in [6.07, 6.45) is 4.57. The van der Waals surface area contributed by atoms with Gasteiger partial charge in [-0.1, -0.05) is 25.4 Å². The minimum Gasteiger partial charge on any atom is -0.395 e. The van der Waals surface area contributed by atoms with Crippen LogP contribution in [0.15, 0.2) is 4.52 Å². The maximum atomic E-state index is 9.10. The first-order valence-electron chi connectivity index (χ1n) is 6.85. The maximum Gasteiger partial charge on any atom is 0.240 e. The van der Waals surface area contributed by atoms with Gasteiger partial charge in [0.15, 0.2) is 5.82 Å². The SMILES string of the molecule is CC(C)Cc1noc(CN(CCO)C2CCC2)n1. The molecule has 0 atom stereocenters. The molecule has 1 aliphatic carbocycles. The van der Waals surface area contributed by atoms with Gasteiger partial charge in [0.1, 0.15) is 0 Å². The van der Waals surface area contributed by atoms with Gasteiger partial charge in [-0.2, -0.15) is 4.98 Å². The van der Waals surface area contributed by atoms with Gasteiger partial charge in [-0.15, -0.1) is 0 Å². The van der Waals surface area contributed by atoms with Crippen molar-refractivity contribution in [1.29, 1.82) is 0 Å². The maximum absolute atomic E-state index is 9.10. The third-order valence-corrected chi connectivity index (χ3v) is 3.42. The highest BCUT2D eigenvalue weighted by molar-refractivity contribution is 4.89. The van der Waals surface area contributed by atoms with Crippen molar-refractivity contribution in [2.75, 3.05) is 13.2 Å². The number of aliphatic hydroxyl groups excluding tert-OH is 1. The Morgan fingerprint density at radius 1 is 1.44 bits per heavy atom. The standard InChI is InChI=1S/C13H23N3O2/c1-10(2)8-12-14-13(18-15-12)9-16(6-7-17)11-4-3-5-11/h10-11,17H,3-9H2,1-2H3. The Morgan fingerprint density at radius 3 is 2.78 bits per heavy atom. The number of nitrogens with zero attached hydrogens (tertiary/aromatic N) is 3. The monoisotopic (exact) mass is 253 g/mol. The summed E-state index contributed by atoms with van der Waals surface area (Å²) in [4.78, 5) is 6.66. The van der Waals surface area contributed by atoms with Crippen molar-refractivity contribution >= 4 is 0 Å². The molecule has 1 aromatic rings. The van der Waals surface area contributed by atoms with Crippen molar-refractivity contribution in [2.45, 2.75) is 52.1 Å². The molecule has 1 N–H and O–H groups in total. The van der Waals surface area contributed by atoms with Gasteiger partial charge in [0.2, 0.25) is 5.89 Å². The third kappa shape index (κ3) is 3.53. The second kappa shape index (κ2) is 6.29. The molecule has 1 heterocycles. The van der Waals surface area contributed by atoms with Gasteiger partial charge >= 0.3 is 0 Å². The van der Waals surface area contributed by atoms with E-state index in [-0.39, 0.29) is 6.61 Å². The van der Waals surface area contributed by atoms with E-state index in [1.807, 2.05) is 0 Å². The van der Waals surface area contributed by atoms with Crippen LogP contribution in [0, 0.1) is 5.92 Å². The van der Waals surface area contributed by atoms with Gasteiger partial charge in [0.25, 0.3) is 0 Å². The van der Waals surface area contributed by atoms with E-state index in [4.69, 9.17) is 9.63 Å². The zero-order chi connectivity index (χ0) is 13.0. The Hall–Kier alpha value is -0.940. The fraction of sp³-hybridized carbons (Fsp3) is 0.846. The van der Waals surface area contributed by atoms with E-state index < -0.39 is 0 Å². The van der Waals surface area contributed by atoms with E-state index in [0.29, 0.717) is 30.9 Å². The minimum absolute atomic E-state index is 0.184. The van der Waals surface area contributed by atoms with Crippen LogP contribution in [0.1, 0.15) is 44.8 Å². The fourth-order valence-electron chi connectivity index (χ4n) is 2.25. The summed E-state index contributed by atoms with van der Waals surface area (Å²) >= 11 is 0. The molecule has 1 aliphatic rings. The quantitative estimate of drug-likeness (QED) is 0.800. The molecule has 0 spiro atoms. The second-order valence-corrected chi connectivity index (χ2v) is 5.48. The average molecular weight is 253 g/mol. The summed E-state index contributed by atoms with van der Waals surface area (Å²) in [5.41, 5.74) is 0. The zero-order valence-electron chi connectivity index (χ0n) is 11.3. The lowest BCUT2D eigenvalue weighted by Crippen LogP contribution is -2.41. The van der Waals surface area contributed by atoms with E-state index in [0.717, 1.165) is 12.2 Å². The molecule has 0 bridgehead atoms. The molecular weight excluding hydrogens is 230 g/mol. The summed E-state index contributed by atoms with van der Waals surface area (Å²) in [6.45, 7) is 5.82. The van der Waals surface area contributed by atoms with Crippen LogP contribution >= 0.6 is 0 Å². The van der Waals surface area contributed by atoms with Crippen LogP contribution in [0.4, 0.5) is 0 Å². The summed E-state index contributed by atoms with van der Waals surface area (Å²) in [7, 11) is 0. The fourth-order valence-corrected chi connectivity index (χ4v) is 2.25. The van der Waals surface area contributed by atoms with Crippen molar-refractivity contribution in [2.24, 2.45) is 5.92 Å². The molecule has 0 unspecified atom stereocenters. The first-order chi connectivity index (χ1) is 8.69. The van der Waals surface area contributed by atoms with E-state index in [2.05, 4.69) is 28.9 Å². The molecule has 1 fully saturated rings. The summed E-state index contributed by atoms with van der Waals surface area (Å²) in [5, 5.41) is 13.1. The van der Waals surface area contributed by atoms with Crippen LogP contribution in [0.3, 0.4) is 0 Å². The molecule has 102 valence electrons. The predicted molar refractivity (Wildman–Crippen MR) is 68.0 cm³/mol. The smallest absolute Gasteiger partial charge is 0.240 e. The molecule has 0 aromatic carbocycles. The van der Waals surface area contributed by atoms with Gasteiger partial charge < -0.3 is 9.63 Å². The Morgan fingerprint density at radius 2 is 2.22 bits per heavy atom. The topological polar surface area (TPSA) is 62.4 Å². The Bertz CT molecular complexity index is 361. The Balaban J connectivity index is 1.91. The number of aliphatic hydroxyl groups is 1. The zero-order valence-corrected chi connectivity index (χ0v) is 11.3. The third-order valence-electron chi connectivity index (χ3n) is 3.42. The van der Waals surface area contributed by atoms with Crippen molar-refractivity contribution in [3.05, 3.63) is 11.7 Å². The Kier molecular flexibility index (Phi) is 4.72. The molecule has 0 radical (unpaired) electrons. The van der Waals surface area contributed by atoms with Crippen LogP contribution in [0.5, 0.6) is 0 Å². The van der Waals surface area contributed by atoms with Crippen LogP contribution in [-0.2, 0) is 13.0 Å². The highest BCUT2D eigenvalue weighted by Gasteiger charge is 2.26. The van der Waals surface area contributed by atoms with E-state index in [9.17, 15) is 0 Å². The first kappa shape index (κ1) is 13.5. The van der Waals surface area contributed by atoms with Gasteiger partial charge in [-0.3, -0.25) is 4.90 Å². The molecular formula is C13H23N3O2. The molecule has 2 rings (SSSR count). The highest BCUT2D eigenvalue weighted by atomic mass is 16.5. The lowest BCUT2D eigenvalue weighted by molar-refractivity contribution is 0.0838. The molecule has 1 saturated carbocycles. The molecule has 0 amide bonds. The first-order valence-corrected chi connectivity index (χ1v) is 6.85. The van der Waals surface area contributed by atoms with Crippen LogP contribution in [0.2, 0.25) is 0 Å². The predicted octanol–water partition coefficient (Wildman–Crippen LogP) is 1.61. The lowest BCUT2D eigenvalue weighted by atomic mass is 9.91. The van der Waals surface area contributed by atoms with Gasteiger partial charge in [-0.25, -0.2) is 0 Å². The molecule has 5 heteroatoms. The van der Waals surface area contributed by atoms with Crippen LogP contribution in [-0.4, -0.2) is 39.3 Å². The molecule has 0 saturated heterocycles. The van der Waals surface area contributed by atoms with Crippen molar-refractivity contribution in [1.82, 2.24) is 15.0 Å². The summed E-state index contributed by atoms with van der Waals surface area (Å²) < 4.78 is 5.28. The second-order valence-electron chi connectivity index (χ2n) is 5.48. The summed E-state index contributed by atoms with van der Waals surface area (Å²) in [6, 6.07) is 0.581. The van der Waals surface area contributed by atoms with E-state index in [1.54, 1.807) is 0 Å². The van der Waals surface area contributed by atoms with Crippen molar-refractivity contribution < 1.29 is 9.63 Å². The molecule has 0 aliphatic heterocycles. The summed E-state index contributed by atoms with van der Waals surface area (Å²) in [5.74, 6) is 2.00. The van der Waals surface area contributed by atoms with Crippen LogP contribution in [0.25, 0.3) is 0 Å². The minimum atomic E-state index is 0.184. The van der Waals surface area contributed by atoms with E-state index in [1.165, 1.54) is 19.3 Å².